The molecule has 0 saturated heterocycles. The maximum atomic E-state index is 13.1. The highest BCUT2D eigenvalue weighted by Crippen LogP contribution is 2.35. The van der Waals surface area contributed by atoms with Crippen molar-refractivity contribution in [2.75, 3.05) is 24.4 Å². The van der Waals surface area contributed by atoms with Crippen LogP contribution in [0.4, 0.5) is 11.4 Å². The number of nitrogens with two attached hydrogens (primary N) is 1. The van der Waals surface area contributed by atoms with Crippen LogP contribution in [-0.4, -0.2) is 36.5 Å². The van der Waals surface area contributed by atoms with Crippen LogP contribution >= 0.6 is 15.9 Å². The Balaban J connectivity index is 1.84. The summed E-state index contributed by atoms with van der Waals surface area (Å²) in [5, 5.41) is 22.6. The number of aliphatic carboxylic acids is 1. The molecule has 6 N–H and O–H groups in total. The first-order valence-electron chi connectivity index (χ1n) is 10.5. The molecule has 0 aliphatic carbocycles. The molecule has 0 aliphatic rings. The van der Waals surface area contributed by atoms with Gasteiger partial charge in [0.15, 0.2) is 18.1 Å². The number of amidine groups is 1. The van der Waals surface area contributed by atoms with E-state index < -0.39 is 12.6 Å². The van der Waals surface area contributed by atoms with E-state index in [9.17, 15) is 9.59 Å². The zero-order chi connectivity index (χ0) is 25.5. The zero-order valence-electron chi connectivity index (χ0n) is 19.1. The first-order chi connectivity index (χ1) is 16.7. The van der Waals surface area contributed by atoms with E-state index in [2.05, 4.69) is 26.6 Å². The minimum atomic E-state index is -1.11. The predicted octanol–water partition coefficient (Wildman–Crippen LogP) is 4.38. The van der Waals surface area contributed by atoms with E-state index in [-0.39, 0.29) is 18.3 Å². The van der Waals surface area contributed by atoms with Gasteiger partial charge in [-0.15, -0.1) is 0 Å². The summed E-state index contributed by atoms with van der Waals surface area (Å²) in [5.74, 6) is -0.796. The van der Waals surface area contributed by atoms with E-state index in [0.717, 1.165) is 10.0 Å². The molecule has 10 heteroatoms. The van der Waals surface area contributed by atoms with Crippen molar-refractivity contribution in [1.29, 1.82) is 5.41 Å². The number of carboxylic acids is 1. The molecule has 182 valence electrons. The van der Waals surface area contributed by atoms with E-state index in [0.29, 0.717) is 39.6 Å². The monoisotopic (exact) mass is 540 g/mol. The Hall–Kier alpha value is -4.05. The number of rotatable bonds is 10. The molecule has 0 radical (unpaired) electrons. The summed E-state index contributed by atoms with van der Waals surface area (Å²) < 4.78 is 11.6. The lowest BCUT2D eigenvalue weighted by Gasteiger charge is -2.17. The molecular weight excluding hydrogens is 516 g/mol. The van der Waals surface area contributed by atoms with Crippen molar-refractivity contribution in [3.63, 3.8) is 0 Å². The van der Waals surface area contributed by atoms with Crippen LogP contribution in [0.25, 0.3) is 0 Å². The van der Waals surface area contributed by atoms with Gasteiger partial charge < -0.3 is 30.9 Å². The number of amides is 1. The molecule has 1 amide bonds. The number of carbonyl (C=O) groups is 2. The van der Waals surface area contributed by atoms with Crippen LogP contribution in [0.5, 0.6) is 11.5 Å². The molecule has 9 nitrogen and oxygen atoms in total. The Morgan fingerprint density at radius 2 is 1.83 bits per heavy atom. The molecule has 0 unspecified atom stereocenters. The Bertz CT molecular complexity index is 1260. The second-order valence-corrected chi connectivity index (χ2v) is 8.54. The second kappa shape index (κ2) is 11.4. The quantitative estimate of drug-likeness (QED) is 0.189. The topological polar surface area (TPSA) is 147 Å². The number of benzene rings is 3. The molecule has 0 aromatic heterocycles. The molecule has 3 aromatic rings. The predicted molar refractivity (Wildman–Crippen MR) is 138 cm³/mol. The van der Waals surface area contributed by atoms with Gasteiger partial charge >= 0.3 is 5.97 Å². The summed E-state index contributed by atoms with van der Waals surface area (Å²) in [6.07, 6.45) is 0. The lowest BCUT2D eigenvalue weighted by atomic mass is 10.1. The third-order valence-electron chi connectivity index (χ3n) is 5.00. The number of carboxylic acid groups (broad SMARTS) is 1. The van der Waals surface area contributed by atoms with Crippen molar-refractivity contribution in [1.82, 2.24) is 0 Å². The van der Waals surface area contributed by atoms with Crippen LogP contribution in [0.3, 0.4) is 0 Å². The summed E-state index contributed by atoms with van der Waals surface area (Å²) >= 11 is 3.43. The van der Waals surface area contributed by atoms with Crippen LogP contribution in [0.2, 0.25) is 0 Å². The van der Waals surface area contributed by atoms with Crippen LogP contribution < -0.4 is 25.8 Å². The van der Waals surface area contributed by atoms with Crippen LogP contribution in [-0.2, 0) is 11.3 Å². The Kier molecular flexibility index (Phi) is 8.32. The maximum Gasteiger partial charge on any atom is 0.341 e. The number of nitrogen functional groups attached to an aromatic ring is 1. The van der Waals surface area contributed by atoms with Crippen molar-refractivity contribution in [2.45, 2.75) is 13.5 Å². The van der Waals surface area contributed by atoms with Crippen molar-refractivity contribution in [2.24, 2.45) is 5.73 Å². The Morgan fingerprint density at radius 1 is 1.11 bits per heavy atom. The minimum absolute atomic E-state index is 0.0519. The van der Waals surface area contributed by atoms with Gasteiger partial charge in [-0.05, 0) is 55.5 Å². The van der Waals surface area contributed by atoms with Gasteiger partial charge in [0.2, 0.25) is 0 Å². The van der Waals surface area contributed by atoms with Gasteiger partial charge in [0.1, 0.15) is 5.84 Å². The van der Waals surface area contributed by atoms with Gasteiger partial charge in [-0.2, -0.15) is 0 Å². The molecule has 3 aromatic carbocycles. The third-order valence-corrected chi connectivity index (χ3v) is 5.46. The highest BCUT2D eigenvalue weighted by Gasteiger charge is 2.17. The molecule has 0 saturated carbocycles. The van der Waals surface area contributed by atoms with Gasteiger partial charge in [-0.25, -0.2) is 4.79 Å². The lowest BCUT2D eigenvalue weighted by Crippen LogP contribution is -2.16. The summed E-state index contributed by atoms with van der Waals surface area (Å²) in [7, 11) is 1.47. The molecule has 0 aliphatic heterocycles. The van der Waals surface area contributed by atoms with Gasteiger partial charge in [0.25, 0.3) is 5.91 Å². The normalized spacial score (nSPS) is 10.4. The van der Waals surface area contributed by atoms with E-state index >= 15 is 0 Å². The number of carbonyl (C=O) groups excluding carboxylic acids is 1. The standard InChI is InChI=1S/C25H25BrN4O5/c1-14-3-8-20(19(9-14)25(33)30-18-6-4-15(5-7-18)24(27)28)29-12-16-10-17(26)11-21(34-2)23(16)35-13-22(31)32/h3-11,29H,12-13H2,1-2H3,(H3,27,28)(H,30,33)(H,31,32). The molecule has 0 heterocycles. The number of hydrogen-bond donors (Lipinski definition) is 5. The summed E-state index contributed by atoms with van der Waals surface area (Å²) in [6, 6.07) is 15.6. The first kappa shape index (κ1) is 25.6. The highest BCUT2D eigenvalue weighted by molar-refractivity contribution is 9.10. The maximum absolute atomic E-state index is 13.1. The van der Waals surface area contributed by atoms with E-state index in [1.54, 1.807) is 48.5 Å². The summed E-state index contributed by atoms with van der Waals surface area (Å²) in [6.45, 7) is 1.60. The molecule has 0 spiro atoms. The van der Waals surface area contributed by atoms with E-state index in [1.807, 2.05) is 13.0 Å². The molecular formula is C25H25BrN4O5. The minimum Gasteiger partial charge on any atom is -0.493 e. The number of nitrogens with one attached hydrogen (secondary N) is 3. The number of halogens is 1. The average Bonchev–Trinajstić information content (AvgIpc) is 2.82. The third kappa shape index (κ3) is 6.73. The van der Waals surface area contributed by atoms with Crippen LogP contribution in [0, 0.1) is 12.3 Å². The Morgan fingerprint density at radius 3 is 2.46 bits per heavy atom. The number of aryl methyl sites for hydroxylation is 1. The number of anilines is 2. The van der Waals surface area contributed by atoms with E-state index in [4.69, 9.17) is 25.7 Å². The van der Waals surface area contributed by atoms with E-state index in [1.165, 1.54) is 7.11 Å². The molecule has 0 bridgehead atoms. The van der Waals surface area contributed by atoms with Crippen molar-refractivity contribution in [3.8, 4) is 11.5 Å². The Labute approximate surface area is 210 Å². The fourth-order valence-electron chi connectivity index (χ4n) is 3.33. The van der Waals surface area contributed by atoms with Crippen LogP contribution in [0.15, 0.2) is 59.1 Å². The van der Waals surface area contributed by atoms with Crippen molar-refractivity contribution < 1.29 is 24.2 Å². The first-order valence-corrected chi connectivity index (χ1v) is 11.3. The molecule has 0 fully saturated rings. The SMILES string of the molecule is COc1cc(Br)cc(CNc2ccc(C)cc2C(=O)Nc2ccc(C(=N)N)cc2)c1OCC(=O)O. The fourth-order valence-corrected chi connectivity index (χ4v) is 3.81. The lowest BCUT2D eigenvalue weighted by molar-refractivity contribution is -0.139. The number of methoxy groups -OCH3 is 1. The van der Waals surface area contributed by atoms with Crippen molar-refractivity contribution >= 4 is 45.0 Å². The van der Waals surface area contributed by atoms with Gasteiger partial charge in [0, 0.05) is 33.5 Å². The summed E-state index contributed by atoms with van der Waals surface area (Å²) in [5.41, 5.74) is 9.16. The largest absolute Gasteiger partial charge is 0.493 e. The molecule has 3 rings (SSSR count). The van der Waals surface area contributed by atoms with Crippen LogP contribution in [0.1, 0.15) is 27.0 Å². The molecule has 35 heavy (non-hydrogen) atoms. The second-order valence-electron chi connectivity index (χ2n) is 7.63. The van der Waals surface area contributed by atoms with Gasteiger partial charge in [-0.3, -0.25) is 10.2 Å². The molecule has 0 atom stereocenters. The summed E-state index contributed by atoms with van der Waals surface area (Å²) in [4.78, 5) is 24.1. The fraction of sp³-hybridized carbons (Fsp3) is 0.160. The number of ether oxygens (including phenoxy) is 2. The smallest absolute Gasteiger partial charge is 0.341 e. The van der Waals surface area contributed by atoms with Gasteiger partial charge in [0.05, 0.1) is 12.7 Å². The van der Waals surface area contributed by atoms with Gasteiger partial charge in [-0.1, -0.05) is 27.6 Å². The zero-order valence-corrected chi connectivity index (χ0v) is 20.7. The average molecular weight is 541 g/mol. The van der Waals surface area contributed by atoms with Crippen molar-refractivity contribution in [3.05, 3.63) is 81.3 Å². The number of hydrogen-bond acceptors (Lipinski definition) is 6. The highest BCUT2D eigenvalue weighted by atomic mass is 79.9.